The van der Waals surface area contributed by atoms with Crippen LogP contribution in [0.2, 0.25) is 0 Å². The summed E-state index contributed by atoms with van der Waals surface area (Å²) in [6.45, 7) is 23.8. The number of fused-ring (bicyclic) bond motifs is 14. The van der Waals surface area contributed by atoms with Crippen LogP contribution in [-0.2, 0) is 21.7 Å². The van der Waals surface area contributed by atoms with Crippen LogP contribution in [0.4, 0.5) is 28.4 Å². The van der Waals surface area contributed by atoms with E-state index < -0.39 is 0 Å². The van der Waals surface area contributed by atoms with Crippen molar-refractivity contribution in [2.24, 2.45) is 0 Å². The molecule has 3 nitrogen and oxygen atoms in total. The van der Waals surface area contributed by atoms with Gasteiger partial charge in [-0.05, 0) is 146 Å². The third kappa shape index (κ3) is 5.96. The van der Waals surface area contributed by atoms with E-state index in [9.17, 15) is 0 Å². The van der Waals surface area contributed by atoms with Gasteiger partial charge in [-0.3, -0.25) is 0 Å². The van der Waals surface area contributed by atoms with Crippen molar-refractivity contribution in [1.82, 2.24) is 0 Å². The normalized spacial score (nSPS) is 16.7. The Morgan fingerprint density at radius 2 is 1.25 bits per heavy atom. The number of hydrogen-bond donors (Lipinski definition) is 0. The van der Waals surface area contributed by atoms with E-state index in [4.69, 9.17) is 4.42 Å². The fourth-order valence-corrected chi connectivity index (χ4v) is 14.6. The van der Waals surface area contributed by atoms with Crippen molar-refractivity contribution in [3.05, 3.63) is 185 Å². The van der Waals surface area contributed by atoms with E-state index in [1.807, 2.05) is 11.3 Å². The Labute approximate surface area is 422 Å². The van der Waals surface area contributed by atoms with E-state index in [2.05, 4.69) is 231 Å². The summed E-state index contributed by atoms with van der Waals surface area (Å²) in [6, 6.07) is 58.2. The van der Waals surface area contributed by atoms with Gasteiger partial charge in [0.15, 0.2) is 0 Å². The van der Waals surface area contributed by atoms with Crippen molar-refractivity contribution >= 4 is 88.9 Å². The van der Waals surface area contributed by atoms with Crippen molar-refractivity contribution in [2.45, 2.75) is 104 Å². The van der Waals surface area contributed by atoms with Crippen LogP contribution >= 0.6 is 11.3 Å². The van der Waals surface area contributed by atoms with Crippen molar-refractivity contribution in [3.8, 4) is 33.4 Å². The van der Waals surface area contributed by atoms with Gasteiger partial charge in [0, 0.05) is 64.9 Å². The molecule has 0 N–H and O–H groups in total. The Morgan fingerprint density at radius 3 is 2.01 bits per heavy atom. The van der Waals surface area contributed by atoms with Crippen LogP contribution in [0.5, 0.6) is 0 Å². The molecule has 10 aromatic rings. The summed E-state index contributed by atoms with van der Waals surface area (Å²) in [5, 5.41) is 3.58. The molecule has 0 saturated heterocycles. The standard InChI is InChI=1S/C66H59BN2OS/c1-38-32-51-52(65(7,8)31-30-64(51,5)6)37-53(38)68-55-35-47-44-21-15-17-23-56(44)70-61(47)58-48-34-46-43-20-14-16-22-49(43)66(9,10)50(46)36-54(48)69(42-27-25-41(26-28-42)63(2,3)4)67(59(55)58)62-60(68)45-29-24-40(33-57(45)71-62)39-18-12-11-13-19-39/h11-29,32-37H,30-31H2,1-10H3. The summed E-state index contributed by atoms with van der Waals surface area (Å²) in [6.07, 6.45) is 2.33. The molecule has 0 amide bonds. The van der Waals surface area contributed by atoms with Crippen molar-refractivity contribution in [3.63, 3.8) is 0 Å². The lowest BCUT2D eigenvalue weighted by molar-refractivity contribution is 0.332. The minimum atomic E-state index is -0.189. The third-order valence-electron chi connectivity index (χ3n) is 17.4. The van der Waals surface area contributed by atoms with E-state index in [0.717, 1.165) is 28.4 Å². The molecule has 0 saturated carbocycles. The molecule has 0 spiro atoms. The summed E-state index contributed by atoms with van der Waals surface area (Å²) in [7, 11) is 0. The van der Waals surface area contributed by atoms with Gasteiger partial charge < -0.3 is 14.1 Å². The summed E-state index contributed by atoms with van der Waals surface area (Å²) >= 11 is 1.97. The molecule has 2 aromatic heterocycles. The molecule has 4 aliphatic rings. The zero-order chi connectivity index (χ0) is 48.7. The lowest BCUT2D eigenvalue weighted by Gasteiger charge is -2.46. The highest BCUT2D eigenvalue weighted by atomic mass is 32.1. The smallest absolute Gasteiger partial charge is 0.343 e. The van der Waals surface area contributed by atoms with Crippen LogP contribution in [0.3, 0.4) is 0 Å². The molecule has 8 aromatic carbocycles. The average Bonchev–Trinajstić information content (AvgIpc) is 4.00. The van der Waals surface area contributed by atoms with E-state index in [1.54, 1.807) is 0 Å². The van der Waals surface area contributed by atoms with Gasteiger partial charge in [0.2, 0.25) is 0 Å². The zero-order valence-corrected chi connectivity index (χ0v) is 43.5. The maximum absolute atomic E-state index is 7.27. The largest absolute Gasteiger partial charge is 0.455 e. The Bertz CT molecular complexity index is 3920. The molecular weight excluding hydrogens is 880 g/mol. The minimum absolute atomic E-state index is 0.0125. The molecule has 0 radical (unpaired) electrons. The molecular formula is C66H59BN2OS. The lowest BCUT2D eigenvalue weighted by Crippen LogP contribution is -2.60. The van der Waals surface area contributed by atoms with Crippen LogP contribution in [0.1, 0.15) is 109 Å². The number of furan rings is 1. The molecule has 14 rings (SSSR count). The first-order valence-corrected chi connectivity index (χ1v) is 26.6. The second kappa shape index (κ2) is 14.4. The Morgan fingerprint density at radius 1 is 0.563 bits per heavy atom. The van der Waals surface area contributed by atoms with Crippen LogP contribution in [0, 0.1) is 6.92 Å². The number of hydrogen-bond acceptors (Lipinski definition) is 4. The molecule has 5 heteroatoms. The Kier molecular flexibility index (Phi) is 8.73. The maximum Gasteiger partial charge on any atom is 0.343 e. The summed E-state index contributed by atoms with van der Waals surface area (Å²) in [5.74, 6) is 0. The van der Waals surface area contributed by atoms with Gasteiger partial charge in [-0.15, -0.1) is 11.3 Å². The highest BCUT2D eigenvalue weighted by molar-refractivity contribution is 7.32. The quantitative estimate of drug-likeness (QED) is 0.165. The number of nitrogens with zero attached hydrogens (tertiary/aromatic N) is 2. The van der Waals surface area contributed by atoms with E-state index in [-0.39, 0.29) is 28.5 Å². The molecule has 2 aliphatic heterocycles. The first-order valence-electron chi connectivity index (χ1n) is 25.7. The number of benzene rings is 8. The summed E-state index contributed by atoms with van der Waals surface area (Å²) in [5.41, 5.74) is 25.1. The molecule has 2 aliphatic carbocycles. The van der Waals surface area contributed by atoms with Crippen molar-refractivity contribution in [1.29, 1.82) is 0 Å². The van der Waals surface area contributed by atoms with Crippen molar-refractivity contribution in [2.75, 3.05) is 9.71 Å². The predicted octanol–water partition coefficient (Wildman–Crippen LogP) is 17.4. The molecule has 348 valence electrons. The molecule has 0 bridgehead atoms. The summed E-state index contributed by atoms with van der Waals surface area (Å²) in [4.78, 5) is 5.42. The zero-order valence-electron chi connectivity index (χ0n) is 42.6. The number of aryl methyl sites for hydroxylation is 1. The molecule has 0 atom stereocenters. The molecule has 71 heavy (non-hydrogen) atoms. The fourth-order valence-electron chi connectivity index (χ4n) is 13.3. The van der Waals surface area contributed by atoms with Gasteiger partial charge in [-0.1, -0.05) is 165 Å². The topological polar surface area (TPSA) is 19.6 Å². The first-order chi connectivity index (χ1) is 34.0. The van der Waals surface area contributed by atoms with Gasteiger partial charge in [-0.2, -0.15) is 0 Å². The monoisotopic (exact) mass is 938 g/mol. The molecule has 0 unspecified atom stereocenters. The highest BCUT2D eigenvalue weighted by Gasteiger charge is 2.50. The first kappa shape index (κ1) is 43.0. The van der Waals surface area contributed by atoms with Crippen LogP contribution in [0.15, 0.2) is 156 Å². The fraction of sp³-hybridized carbons (Fsp3) is 0.242. The number of para-hydroxylation sites is 1. The second-order valence-electron chi connectivity index (χ2n) is 24.0. The van der Waals surface area contributed by atoms with Crippen LogP contribution < -0.4 is 20.0 Å². The van der Waals surface area contributed by atoms with Gasteiger partial charge >= 0.3 is 6.85 Å². The van der Waals surface area contributed by atoms with Gasteiger partial charge in [0.1, 0.15) is 11.2 Å². The SMILES string of the molecule is Cc1cc2c(cc1N1c3cc4c(oc5ccccc54)c4c3B(c3sc5cc(-c6ccccc6)ccc5c31)N(c1ccc(C(C)(C)C)cc1)c1cc3c(cc1-4)-c1ccccc1C3(C)C)C(C)(C)CCC2(C)C. The lowest BCUT2D eigenvalue weighted by atomic mass is 9.46. The van der Waals surface area contributed by atoms with E-state index >= 15 is 0 Å². The third-order valence-corrected chi connectivity index (χ3v) is 18.6. The highest BCUT2D eigenvalue weighted by Crippen LogP contribution is 2.58. The Hall–Kier alpha value is -6.82. The average molecular weight is 939 g/mol. The van der Waals surface area contributed by atoms with Crippen LogP contribution in [-0.4, -0.2) is 6.85 Å². The molecule has 4 heterocycles. The van der Waals surface area contributed by atoms with Crippen LogP contribution in [0.25, 0.3) is 65.4 Å². The minimum Gasteiger partial charge on any atom is -0.455 e. The van der Waals surface area contributed by atoms with Gasteiger partial charge in [0.05, 0.1) is 5.69 Å². The van der Waals surface area contributed by atoms with E-state index in [1.165, 1.54) is 122 Å². The van der Waals surface area contributed by atoms with Gasteiger partial charge in [-0.25, -0.2) is 0 Å². The summed E-state index contributed by atoms with van der Waals surface area (Å²) < 4.78 is 9.91. The maximum atomic E-state index is 7.27. The van der Waals surface area contributed by atoms with Gasteiger partial charge in [0.25, 0.3) is 0 Å². The van der Waals surface area contributed by atoms with Crippen molar-refractivity contribution < 1.29 is 4.42 Å². The Balaban J connectivity index is 1.16. The number of thiophene rings is 1. The number of rotatable bonds is 3. The second-order valence-corrected chi connectivity index (χ2v) is 25.1. The molecule has 0 fully saturated rings. The number of anilines is 5. The van der Waals surface area contributed by atoms with E-state index in [0.29, 0.717) is 0 Å². The predicted molar refractivity (Wildman–Crippen MR) is 305 cm³/mol.